The van der Waals surface area contributed by atoms with Crippen LogP contribution < -0.4 is 5.32 Å². The van der Waals surface area contributed by atoms with Crippen LogP contribution in [-0.4, -0.2) is 21.3 Å². The van der Waals surface area contributed by atoms with Gasteiger partial charge in [-0.05, 0) is 30.5 Å². The molecule has 0 radical (unpaired) electrons. The van der Waals surface area contributed by atoms with Gasteiger partial charge < -0.3 is 14.8 Å². The first-order valence-electron chi connectivity index (χ1n) is 6.12. The zero-order valence-electron chi connectivity index (χ0n) is 9.97. The molecule has 1 aromatic carbocycles. The molecule has 0 unspecified atom stereocenters. The van der Waals surface area contributed by atoms with Crippen molar-refractivity contribution in [2.24, 2.45) is 0 Å². The van der Waals surface area contributed by atoms with Gasteiger partial charge in [-0.25, -0.2) is 0 Å². The normalized spacial score (nSPS) is 14.9. The monoisotopic (exact) mass is 245 g/mol. The van der Waals surface area contributed by atoms with Gasteiger partial charge in [-0.2, -0.15) is 0 Å². The number of rotatable bonds is 5. The Balaban J connectivity index is 1.61. The molecule has 0 aliphatic heterocycles. The van der Waals surface area contributed by atoms with Crippen LogP contribution in [-0.2, 0) is 13.0 Å². The number of phenolic OH excluding ortho intramolecular Hbond substituents is 1. The van der Waals surface area contributed by atoms with Crippen LogP contribution in [0.3, 0.4) is 0 Å². The SMILES string of the molecule is Oc1cccc(Cc2nnc(CNC3CC3)o2)c1. The Bertz CT molecular complexity index is 535. The molecule has 0 amide bonds. The van der Waals surface area contributed by atoms with Crippen molar-refractivity contribution in [1.82, 2.24) is 15.5 Å². The number of nitrogens with zero attached hydrogens (tertiary/aromatic N) is 2. The van der Waals surface area contributed by atoms with Crippen molar-refractivity contribution < 1.29 is 9.52 Å². The van der Waals surface area contributed by atoms with Gasteiger partial charge in [0.15, 0.2) is 0 Å². The van der Waals surface area contributed by atoms with Gasteiger partial charge in [0, 0.05) is 6.04 Å². The molecule has 1 aromatic heterocycles. The number of hydrogen-bond donors (Lipinski definition) is 2. The van der Waals surface area contributed by atoms with Gasteiger partial charge in [0.25, 0.3) is 0 Å². The van der Waals surface area contributed by atoms with Gasteiger partial charge in [0.2, 0.25) is 11.8 Å². The second-order valence-corrected chi connectivity index (χ2v) is 4.59. The summed E-state index contributed by atoms with van der Waals surface area (Å²) in [6.07, 6.45) is 3.03. The van der Waals surface area contributed by atoms with Gasteiger partial charge in [-0.1, -0.05) is 12.1 Å². The summed E-state index contributed by atoms with van der Waals surface area (Å²) in [6.45, 7) is 0.637. The second-order valence-electron chi connectivity index (χ2n) is 4.59. The maximum Gasteiger partial charge on any atom is 0.230 e. The molecule has 1 fully saturated rings. The third kappa shape index (κ3) is 2.87. The van der Waals surface area contributed by atoms with Crippen molar-refractivity contribution in [3.63, 3.8) is 0 Å². The van der Waals surface area contributed by atoms with Crippen molar-refractivity contribution in [2.45, 2.75) is 31.8 Å². The Morgan fingerprint density at radius 2 is 2.11 bits per heavy atom. The lowest BCUT2D eigenvalue weighted by Crippen LogP contribution is -2.15. The lowest BCUT2D eigenvalue weighted by Gasteiger charge is -1.98. The summed E-state index contributed by atoms with van der Waals surface area (Å²) >= 11 is 0. The Kier molecular flexibility index (Phi) is 2.98. The van der Waals surface area contributed by atoms with Crippen LogP contribution in [0.5, 0.6) is 5.75 Å². The number of hydrogen-bond acceptors (Lipinski definition) is 5. The fourth-order valence-corrected chi connectivity index (χ4v) is 1.79. The molecular formula is C13H15N3O2. The lowest BCUT2D eigenvalue weighted by atomic mass is 10.1. The molecule has 0 bridgehead atoms. The lowest BCUT2D eigenvalue weighted by molar-refractivity contribution is 0.437. The molecule has 1 aliphatic rings. The molecule has 0 spiro atoms. The van der Waals surface area contributed by atoms with Gasteiger partial charge in [0.1, 0.15) is 5.75 Å². The van der Waals surface area contributed by atoms with E-state index in [1.807, 2.05) is 6.07 Å². The summed E-state index contributed by atoms with van der Waals surface area (Å²) in [7, 11) is 0. The highest BCUT2D eigenvalue weighted by atomic mass is 16.4. The minimum atomic E-state index is 0.252. The smallest absolute Gasteiger partial charge is 0.230 e. The number of phenols is 1. The van der Waals surface area contributed by atoms with Crippen LogP contribution in [0.25, 0.3) is 0 Å². The number of benzene rings is 1. The summed E-state index contributed by atoms with van der Waals surface area (Å²) in [6, 6.07) is 7.70. The molecule has 0 saturated heterocycles. The highest BCUT2D eigenvalue weighted by molar-refractivity contribution is 5.28. The van der Waals surface area contributed by atoms with E-state index in [1.165, 1.54) is 12.8 Å². The van der Waals surface area contributed by atoms with Crippen LogP contribution in [0.4, 0.5) is 0 Å². The Morgan fingerprint density at radius 3 is 2.89 bits per heavy atom. The van der Waals surface area contributed by atoms with E-state index in [1.54, 1.807) is 18.2 Å². The summed E-state index contributed by atoms with van der Waals surface area (Å²) in [5.41, 5.74) is 0.959. The molecular weight excluding hydrogens is 230 g/mol. The standard InChI is InChI=1S/C13H15N3O2/c17-11-3-1-2-9(6-11)7-12-15-16-13(18-12)8-14-10-4-5-10/h1-3,6,10,14,17H,4-5,7-8H2. The first-order valence-corrected chi connectivity index (χ1v) is 6.12. The highest BCUT2D eigenvalue weighted by Crippen LogP contribution is 2.19. The van der Waals surface area contributed by atoms with Crippen LogP contribution >= 0.6 is 0 Å². The third-order valence-electron chi connectivity index (χ3n) is 2.89. The molecule has 5 nitrogen and oxygen atoms in total. The third-order valence-corrected chi connectivity index (χ3v) is 2.89. The van der Waals surface area contributed by atoms with E-state index >= 15 is 0 Å². The molecule has 0 atom stereocenters. The average Bonchev–Trinajstić information content (AvgIpc) is 3.08. The molecule has 2 N–H and O–H groups in total. The van der Waals surface area contributed by atoms with E-state index in [4.69, 9.17) is 4.42 Å². The number of aromatic nitrogens is 2. The maximum atomic E-state index is 9.37. The van der Waals surface area contributed by atoms with E-state index in [0.717, 1.165) is 5.56 Å². The first-order chi connectivity index (χ1) is 8.79. The summed E-state index contributed by atoms with van der Waals surface area (Å²) in [4.78, 5) is 0. The van der Waals surface area contributed by atoms with Crippen LogP contribution in [0.1, 0.15) is 30.2 Å². The molecule has 94 valence electrons. The maximum absolute atomic E-state index is 9.37. The molecule has 5 heteroatoms. The highest BCUT2D eigenvalue weighted by Gasteiger charge is 2.21. The van der Waals surface area contributed by atoms with Crippen molar-refractivity contribution in [3.8, 4) is 5.75 Å². The molecule has 1 aliphatic carbocycles. The Labute approximate surface area is 105 Å². The van der Waals surface area contributed by atoms with E-state index in [2.05, 4.69) is 15.5 Å². The Hall–Kier alpha value is -1.88. The molecule has 1 saturated carbocycles. The van der Waals surface area contributed by atoms with Gasteiger partial charge >= 0.3 is 0 Å². The van der Waals surface area contributed by atoms with Crippen molar-refractivity contribution in [1.29, 1.82) is 0 Å². The van der Waals surface area contributed by atoms with E-state index in [-0.39, 0.29) is 5.75 Å². The summed E-state index contributed by atoms with van der Waals surface area (Å²) < 4.78 is 5.54. The van der Waals surface area contributed by atoms with Crippen molar-refractivity contribution in [3.05, 3.63) is 41.6 Å². The van der Waals surface area contributed by atoms with E-state index in [9.17, 15) is 5.11 Å². The van der Waals surface area contributed by atoms with Crippen molar-refractivity contribution >= 4 is 0 Å². The zero-order valence-corrected chi connectivity index (χ0v) is 9.97. The topological polar surface area (TPSA) is 71.2 Å². The second kappa shape index (κ2) is 4.78. The average molecular weight is 245 g/mol. The minimum Gasteiger partial charge on any atom is -0.508 e. The van der Waals surface area contributed by atoms with E-state index in [0.29, 0.717) is 30.8 Å². The Morgan fingerprint density at radius 1 is 1.28 bits per heavy atom. The van der Waals surface area contributed by atoms with Gasteiger partial charge in [0.05, 0.1) is 13.0 Å². The quantitative estimate of drug-likeness (QED) is 0.837. The van der Waals surface area contributed by atoms with Gasteiger partial charge in [-0.3, -0.25) is 0 Å². The van der Waals surface area contributed by atoms with Crippen LogP contribution in [0.2, 0.25) is 0 Å². The van der Waals surface area contributed by atoms with E-state index < -0.39 is 0 Å². The molecule has 3 rings (SSSR count). The fourth-order valence-electron chi connectivity index (χ4n) is 1.79. The van der Waals surface area contributed by atoms with Gasteiger partial charge in [-0.15, -0.1) is 10.2 Å². The first kappa shape index (κ1) is 11.2. The molecule has 18 heavy (non-hydrogen) atoms. The predicted molar refractivity (Wildman–Crippen MR) is 65.1 cm³/mol. The molecule has 2 aromatic rings. The zero-order chi connectivity index (χ0) is 12.4. The minimum absolute atomic E-state index is 0.252. The number of aromatic hydroxyl groups is 1. The summed E-state index contributed by atoms with van der Waals surface area (Å²) in [5, 5.41) is 20.7. The van der Waals surface area contributed by atoms with Crippen molar-refractivity contribution in [2.75, 3.05) is 0 Å². The largest absolute Gasteiger partial charge is 0.508 e. The number of nitrogens with one attached hydrogen (secondary N) is 1. The molecule has 1 heterocycles. The van der Waals surface area contributed by atoms with Crippen LogP contribution in [0.15, 0.2) is 28.7 Å². The summed E-state index contributed by atoms with van der Waals surface area (Å²) in [5.74, 6) is 1.45. The van der Waals surface area contributed by atoms with Crippen LogP contribution in [0, 0.1) is 0 Å². The fraction of sp³-hybridized carbons (Fsp3) is 0.385. The predicted octanol–water partition coefficient (Wildman–Crippen LogP) is 1.62.